The SMILES string of the molecule is CCOC(=O)[C@H]1[C@H]2COc3ccccc3[C@@H]2N2C(=O)CN(CC3CCCO3)C(=O)[C@@]12C. The van der Waals surface area contributed by atoms with E-state index < -0.39 is 23.5 Å². The molecule has 1 unspecified atom stereocenters. The lowest BCUT2D eigenvalue weighted by Gasteiger charge is -2.47. The van der Waals surface area contributed by atoms with Crippen molar-refractivity contribution in [3.63, 3.8) is 0 Å². The van der Waals surface area contributed by atoms with Crippen LogP contribution in [0.15, 0.2) is 24.3 Å². The molecule has 8 nitrogen and oxygen atoms in total. The minimum Gasteiger partial charge on any atom is -0.493 e. The number of ether oxygens (including phenoxy) is 3. The maximum atomic E-state index is 13.9. The molecule has 0 radical (unpaired) electrons. The number of piperazine rings is 1. The van der Waals surface area contributed by atoms with E-state index in [-0.39, 0.29) is 43.6 Å². The first-order valence-corrected chi connectivity index (χ1v) is 11.1. The van der Waals surface area contributed by atoms with E-state index in [9.17, 15) is 14.4 Å². The van der Waals surface area contributed by atoms with Crippen LogP contribution >= 0.6 is 0 Å². The Morgan fingerprint density at radius 1 is 1.29 bits per heavy atom. The molecule has 0 saturated carbocycles. The molecule has 5 atom stereocenters. The Labute approximate surface area is 181 Å². The molecular formula is C23H28N2O6. The van der Waals surface area contributed by atoms with Crippen molar-refractivity contribution in [3.05, 3.63) is 29.8 Å². The van der Waals surface area contributed by atoms with Crippen LogP contribution in [-0.2, 0) is 23.9 Å². The fourth-order valence-corrected chi connectivity index (χ4v) is 5.93. The van der Waals surface area contributed by atoms with Crippen LogP contribution in [0.5, 0.6) is 5.75 Å². The molecule has 4 aliphatic heterocycles. The highest BCUT2D eigenvalue weighted by molar-refractivity contribution is 6.02. The standard InChI is InChI=1S/C23H28N2O6/c1-3-29-21(27)19-16-13-31-17-9-5-4-8-15(17)20(16)25-18(26)12-24(22(28)23(19,25)2)11-14-7-6-10-30-14/h4-5,8-9,14,16,19-20H,3,6-7,10-13H2,1-2H3/t14?,16-,19-,20+,23-/m1/s1. The zero-order chi connectivity index (χ0) is 21.8. The summed E-state index contributed by atoms with van der Waals surface area (Å²) in [5.74, 6) is -1.28. The summed E-state index contributed by atoms with van der Waals surface area (Å²) in [7, 11) is 0. The van der Waals surface area contributed by atoms with E-state index in [2.05, 4.69) is 0 Å². The van der Waals surface area contributed by atoms with Gasteiger partial charge in [-0.05, 0) is 32.8 Å². The fourth-order valence-electron chi connectivity index (χ4n) is 5.93. The van der Waals surface area contributed by atoms with Crippen molar-refractivity contribution >= 4 is 17.8 Å². The first-order valence-electron chi connectivity index (χ1n) is 11.1. The van der Waals surface area contributed by atoms with E-state index in [0.717, 1.165) is 18.4 Å². The van der Waals surface area contributed by atoms with Gasteiger partial charge in [0.1, 0.15) is 11.3 Å². The number of esters is 1. The number of para-hydroxylation sites is 1. The number of carbonyl (C=O) groups excluding carboxylic acids is 3. The average Bonchev–Trinajstić information content (AvgIpc) is 3.36. The van der Waals surface area contributed by atoms with Crippen LogP contribution < -0.4 is 4.74 Å². The molecular weight excluding hydrogens is 400 g/mol. The molecule has 0 aromatic heterocycles. The minimum atomic E-state index is -1.32. The molecule has 3 saturated heterocycles. The van der Waals surface area contributed by atoms with Crippen LogP contribution in [-0.4, -0.2) is 72.1 Å². The summed E-state index contributed by atoms with van der Waals surface area (Å²) in [5.41, 5.74) is -0.485. The summed E-state index contributed by atoms with van der Waals surface area (Å²) in [6.07, 6.45) is 1.75. The number of benzene rings is 1. The van der Waals surface area contributed by atoms with Gasteiger partial charge in [0.15, 0.2) is 0 Å². The van der Waals surface area contributed by atoms with E-state index in [0.29, 0.717) is 18.9 Å². The molecule has 166 valence electrons. The second-order valence-electron chi connectivity index (χ2n) is 8.92. The van der Waals surface area contributed by atoms with Gasteiger partial charge in [-0.2, -0.15) is 0 Å². The van der Waals surface area contributed by atoms with Gasteiger partial charge in [0.05, 0.1) is 37.8 Å². The molecule has 0 bridgehead atoms. The lowest BCUT2D eigenvalue weighted by atomic mass is 9.77. The molecule has 0 N–H and O–H groups in total. The molecule has 1 aromatic carbocycles. The largest absolute Gasteiger partial charge is 0.493 e. The van der Waals surface area contributed by atoms with Crippen molar-refractivity contribution in [1.82, 2.24) is 9.80 Å². The normalized spacial score (nSPS) is 34.1. The van der Waals surface area contributed by atoms with Gasteiger partial charge in [-0.15, -0.1) is 0 Å². The lowest BCUT2D eigenvalue weighted by molar-refractivity contribution is -0.171. The van der Waals surface area contributed by atoms with Crippen molar-refractivity contribution in [3.8, 4) is 5.75 Å². The predicted molar refractivity (Wildman–Crippen MR) is 109 cm³/mol. The summed E-state index contributed by atoms with van der Waals surface area (Å²) in [4.78, 5) is 43.8. The monoisotopic (exact) mass is 428 g/mol. The second-order valence-corrected chi connectivity index (χ2v) is 8.92. The van der Waals surface area contributed by atoms with Gasteiger partial charge in [0.25, 0.3) is 0 Å². The minimum absolute atomic E-state index is 0.00390. The summed E-state index contributed by atoms with van der Waals surface area (Å²) >= 11 is 0. The Balaban J connectivity index is 1.58. The highest BCUT2D eigenvalue weighted by Gasteiger charge is 2.69. The summed E-state index contributed by atoms with van der Waals surface area (Å²) in [6, 6.07) is 7.14. The number of carbonyl (C=O) groups is 3. The van der Waals surface area contributed by atoms with Gasteiger partial charge in [-0.3, -0.25) is 14.4 Å². The number of hydrogen-bond donors (Lipinski definition) is 0. The van der Waals surface area contributed by atoms with Gasteiger partial charge < -0.3 is 24.0 Å². The van der Waals surface area contributed by atoms with Crippen molar-refractivity contribution in [1.29, 1.82) is 0 Å². The molecule has 1 aromatic rings. The van der Waals surface area contributed by atoms with Crippen LogP contribution in [0.1, 0.15) is 38.3 Å². The Hall–Kier alpha value is -2.61. The Bertz CT molecular complexity index is 913. The number of nitrogens with zero attached hydrogens (tertiary/aromatic N) is 2. The molecule has 2 amide bonds. The summed E-state index contributed by atoms with van der Waals surface area (Å²) in [6.45, 7) is 4.97. The molecule has 4 heterocycles. The Morgan fingerprint density at radius 3 is 2.84 bits per heavy atom. The molecule has 8 heteroatoms. The summed E-state index contributed by atoms with van der Waals surface area (Å²) in [5, 5.41) is 0. The third kappa shape index (κ3) is 2.95. The number of hydrogen-bond acceptors (Lipinski definition) is 6. The van der Waals surface area contributed by atoms with Gasteiger partial charge in [-0.25, -0.2) is 0 Å². The molecule has 4 aliphatic rings. The van der Waals surface area contributed by atoms with Gasteiger partial charge in [0, 0.05) is 24.6 Å². The Kier molecular flexibility index (Phi) is 4.92. The maximum absolute atomic E-state index is 13.9. The van der Waals surface area contributed by atoms with Crippen molar-refractivity contribution in [2.24, 2.45) is 11.8 Å². The van der Waals surface area contributed by atoms with Crippen LogP contribution in [0.4, 0.5) is 0 Å². The number of fused-ring (bicyclic) bond motifs is 5. The molecule has 3 fully saturated rings. The zero-order valence-corrected chi connectivity index (χ0v) is 17.9. The highest BCUT2D eigenvalue weighted by atomic mass is 16.5. The lowest BCUT2D eigenvalue weighted by Crippen LogP contribution is -2.68. The van der Waals surface area contributed by atoms with Crippen LogP contribution in [0, 0.1) is 11.8 Å². The quantitative estimate of drug-likeness (QED) is 0.677. The first kappa shape index (κ1) is 20.3. The number of rotatable bonds is 4. The van der Waals surface area contributed by atoms with Gasteiger partial charge >= 0.3 is 5.97 Å². The van der Waals surface area contributed by atoms with Crippen molar-refractivity contribution in [2.75, 3.05) is 32.9 Å². The molecule has 0 spiro atoms. The van der Waals surface area contributed by atoms with Crippen molar-refractivity contribution < 1.29 is 28.6 Å². The zero-order valence-electron chi connectivity index (χ0n) is 17.9. The average molecular weight is 428 g/mol. The molecule has 5 rings (SSSR count). The number of amides is 2. The van der Waals surface area contributed by atoms with E-state index in [1.54, 1.807) is 23.6 Å². The van der Waals surface area contributed by atoms with Crippen molar-refractivity contribution in [2.45, 2.75) is 44.4 Å². The van der Waals surface area contributed by atoms with E-state index >= 15 is 0 Å². The fraction of sp³-hybridized carbons (Fsp3) is 0.609. The van der Waals surface area contributed by atoms with E-state index in [4.69, 9.17) is 14.2 Å². The van der Waals surface area contributed by atoms with Crippen LogP contribution in [0.25, 0.3) is 0 Å². The molecule has 31 heavy (non-hydrogen) atoms. The Morgan fingerprint density at radius 2 is 2.10 bits per heavy atom. The highest BCUT2D eigenvalue weighted by Crippen LogP contribution is 2.56. The maximum Gasteiger partial charge on any atom is 0.312 e. The van der Waals surface area contributed by atoms with E-state index in [1.807, 2.05) is 24.3 Å². The molecule has 0 aliphatic carbocycles. The van der Waals surface area contributed by atoms with Crippen LogP contribution in [0.3, 0.4) is 0 Å². The smallest absolute Gasteiger partial charge is 0.312 e. The van der Waals surface area contributed by atoms with Crippen LogP contribution in [0.2, 0.25) is 0 Å². The predicted octanol–water partition coefficient (Wildman–Crippen LogP) is 1.54. The topological polar surface area (TPSA) is 85.4 Å². The van der Waals surface area contributed by atoms with Gasteiger partial charge in [0.2, 0.25) is 11.8 Å². The summed E-state index contributed by atoms with van der Waals surface area (Å²) < 4.78 is 17.1. The third-order valence-corrected chi connectivity index (χ3v) is 7.19. The van der Waals surface area contributed by atoms with Gasteiger partial charge in [-0.1, -0.05) is 18.2 Å². The second kappa shape index (κ2) is 7.51. The third-order valence-electron chi connectivity index (χ3n) is 7.19. The van der Waals surface area contributed by atoms with E-state index in [1.165, 1.54) is 0 Å². The first-order chi connectivity index (χ1) is 15.0.